The molecule has 0 atom stereocenters. The lowest BCUT2D eigenvalue weighted by Crippen LogP contribution is -2.27. The van der Waals surface area contributed by atoms with Gasteiger partial charge >= 0.3 is 0 Å². The van der Waals surface area contributed by atoms with E-state index < -0.39 is 0 Å². The van der Waals surface area contributed by atoms with Gasteiger partial charge in [-0.15, -0.1) is 0 Å². The number of rotatable bonds is 4. The molecule has 0 rings (SSSR count). The Balaban J connectivity index is 3.63. The zero-order chi connectivity index (χ0) is 8.20. The predicted molar refractivity (Wildman–Crippen MR) is 45.2 cm³/mol. The topological polar surface area (TPSA) is 9.23 Å². The van der Waals surface area contributed by atoms with E-state index >= 15 is 0 Å². The molecule has 0 aliphatic heterocycles. The van der Waals surface area contributed by atoms with Crippen LogP contribution in [0.5, 0.6) is 0 Å². The Labute approximate surface area is 64.8 Å². The largest absolute Gasteiger partial charge is 0.373 e. The summed E-state index contributed by atoms with van der Waals surface area (Å²) in [6.07, 6.45) is 2.69. The van der Waals surface area contributed by atoms with E-state index in [2.05, 4.69) is 34.6 Å². The maximum atomic E-state index is 5.68. The molecule has 0 aromatic carbocycles. The van der Waals surface area contributed by atoms with E-state index in [0.717, 1.165) is 6.42 Å². The van der Waals surface area contributed by atoms with Crippen LogP contribution < -0.4 is 0 Å². The fourth-order valence-electron chi connectivity index (χ4n) is 1.30. The van der Waals surface area contributed by atoms with Crippen molar-refractivity contribution in [2.24, 2.45) is 0 Å². The van der Waals surface area contributed by atoms with Gasteiger partial charge in [0.15, 0.2) is 0 Å². The van der Waals surface area contributed by atoms with Gasteiger partial charge in [-0.25, -0.2) is 0 Å². The average molecular weight is 144 g/mol. The maximum Gasteiger partial charge on any atom is 0.0629 e. The van der Waals surface area contributed by atoms with Crippen LogP contribution >= 0.6 is 0 Å². The summed E-state index contributed by atoms with van der Waals surface area (Å²) in [4.78, 5) is 0. The second-order valence-electron chi connectivity index (χ2n) is 3.68. The highest BCUT2D eigenvalue weighted by Crippen LogP contribution is 2.17. The first-order valence-corrected chi connectivity index (χ1v) is 4.16. The summed E-state index contributed by atoms with van der Waals surface area (Å²) in [7, 11) is 0. The molecule has 1 heteroatoms. The Bertz CT molecular complexity index is 84.7. The fraction of sp³-hybridized carbons (Fsp3) is 1.00. The van der Waals surface area contributed by atoms with Crippen LogP contribution in [0.1, 0.15) is 47.5 Å². The monoisotopic (exact) mass is 144 g/mol. The van der Waals surface area contributed by atoms with Gasteiger partial charge < -0.3 is 4.74 Å². The van der Waals surface area contributed by atoms with Gasteiger partial charge in [0.25, 0.3) is 0 Å². The van der Waals surface area contributed by atoms with Crippen LogP contribution in [-0.4, -0.2) is 11.7 Å². The van der Waals surface area contributed by atoms with Crippen LogP contribution in [0.2, 0.25) is 0 Å². The van der Waals surface area contributed by atoms with Gasteiger partial charge in [-0.3, -0.25) is 0 Å². The van der Waals surface area contributed by atoms with Crippen molar-refractivity contribution in [1.82, 2.24) is 0 Å². The van der Waals surface area contributed by atoms with E-state index in [1.54, 1.807) is 0 Å². The van der Waals surface area contributed by atoms with E-state index in [1.807, 2.05) is 0 Å². The molecule has 0 unspecified atom stereocenters. The molecule has 0 N–H and O–H groups in total. The third kappa shape index (κ3) is 4.80. The molecule has 0 aliphatic carbocycles. The fourth-order valence-corrected chi connectivity index (χ4v) is 1.30. The molecule has 0 fully saturated rings. The van der Waals surface area contributed by atoms with E-state index in [1.165, 1.54) is 6.42 Å². The van der Waals surface area contributed by atoms with Crippen molar-refractivity contribution in [3.05, 3.63) is 0 Å². The number of hydrogen-bond donors (Lipinski definition) is 0. The third-order valence-electron chi connectivity index (χ3n) is 1.41. The molecular weight excluding hydrogens is 124 g/mol. The lowest BCUT2D eigenvalue weighted by atomic mass is 10.0. The third-order valence-corrected chi connectivity index (χ3v) is 1.41. The summed E-state index contributed by atoms with van der Waals surface area (Å²) in [5.74, 6) is 0. The normalized spacial score (nSPS) is 12.6. The minimum absolute atomic E-state index is 0.0723. The molecular formula is C9H20O. The smallest absolute Gasteiger partial charge is 0.0629 e. The summed E-state index contributed by atoms with van der Waals surface area (Å²) in [5, 5.41) is 0. The second-order valence-corrected chi connectivity index (χ2v) is 3.68. The molecule has 0 spiro atoms. The summed E-state index contributed by atoms with van der Waals surface area (Å²) < 4.78 is 5.68. The van der Waals surface area contributed by atoms with Crippen molar-refractivity contribution in [3.8, 4) is 0 Å². The molecule has 62 valence electrons. The van der Waals surface area contributed by atoms with Crippen LogP contribution in [0.15, 0.2) is 0 Å². The highest BCUT2D eigenvalue weighted by Gasteiger charge is 2.17. The molecule has 0 amide bonds. The van der Waals surface area contributed by atoms with E-state index in [4.69, 9.17) is 4.74 Å². The quantitative estimate of drug-likeness (QED) is 0.589. The SMILES string of the molecule is CCCC(C)(C)OC(C)C. The molecule has 0 saturated heterocycles. The Morgan fingerprint density at radius 1 is 1.30 bits per heavy atom. The first kappa shape index (κ1) is 9.96. The van der Waals surface area contributed by atoms with Crippen LogP contribution in [-0.2, 0) is 4.74 Å². The molecule has 0 heterocycles. The van der Waals surface area contributed by atoms with Crippen molar-refractivity contribution in [2.45, 2.75) is 59.2 Å². The van der Waals surface area contributed by atoms with Gasteiger partial charge in [0, 0.05) is 0 Å². The van der Waals surface area contributed by atoms with E-state index in [0.29, 0.717) is 6.10 Å². The number of hydrogen-bond acceptors (Lipinski definition) is 1. The van der Waals surface area contributed by atoms with Gasteiger partial charge in [-0.1, -0.05) is 13.3 Å². The van der Waals surface area contributed by atoms with Crippen molar-refractivity contribution in [1.29, 1.82) is 0 Å². The Hall–Kier alpha value is -0.0400. The van der Waals surface area contributed by atoms with Crippen molar-refractivity contribution in [2.75, 3.05) is 0 Å². The van der Waals surface area contributed by atoms with E-state index in [-0.39, 0.29) is 5.60 Å². The van der Waals surface area contributed by atoms with Crippen molar-refractivity contribution in [3.63, 3.8) is 0 Å². The van der Waals surface area contributed by atoms with Gasteiger partial charge in [-0.05, 0) is 34.1 Å². The second kappa shape index (κ2) is 3.97. The highest BCUT2D eigenvalue weighted by atomic mass is 16.5. The first-order chi connectivity index (χ1) is 4.48. The molecule has 0 aromatic heterocycles. The van der Waals surface area contributed by atoms with Crippen LogP contribution in [0, 0.1) is 0 Å². The maximum absolute atomic E-state index is 5.68. The molecule has 1 nitrogen and oxygen atoms in total. The zero-order valence-electron chi connectivity index (χ0n) is 7.90. The molecule has 0 saturated carbocycles. The molecule has 0 bridgehead atoms. The first-order valence-electron chi connectivity index (χ1n) is 4.16. The Morgan fingerprint density at radius 3 is 2.10 bits per heavy atom. The summed E-state index contributed by atoms with van der Waals surface area (Å²) in [6.45, 7) is 10.6. The van der Waals surface area contributed by atoms with Crippen LogP contribution in [0.3, 0.4) is 0 Å². The molecule has 0 radical (unpaired) electrons. The molecule has 10 heavy (non-hydrogen) atoms. The van der Waals surface area contributed by atoms with Crippen LogP contribution in [0.25, 0.3) is 0 Å². The molecule has 0 aromatic rings. The minimum Gasteiger partial charge on any atom is -0.373 e. The lowest BCUT2D eigenvalue weighted by molar-refractivity contribution is -0.0605. The summed E-state index contributed by atoms with van der Waals surface area (Å²) in [6, 6.07) is 0. The van der Waals surface area contributed by atoms with Crippen molar-refractivity contribution >= 4 is 0 Å². The van der Waals surface area contributed by atoms with Gasteiger partial charge in [0.2, 0.25) is 0 Å². The predicted octanol–water partition coefficient (Wildman–Crippen LogP) is 2.99. The Morgan fingerprint density at radius 2 is 1.80 bits per heavy atom. The standard InChI is InChI=1S/C9H20O/c1-6-7-9(4,5)10-8(2)3/h8H,6-7H2,1-5H3. The van der Waals surface area contributed by atoms with Crippen LogP contribution in [0.4, 0.5) is 0 Å². The van der Waals surface area contributed by atoms with Gasteiger partial charge in [0.05, 0.1) is 11.7 Å². The Kier molecular flexibility index (Phi) is 3.95. The van der Waals surface area contributed by atoms with Gasteiger partial charge in [0.1, 0.15) is 0 Å². The number of ether oxygens (including phenoxy) is 1. The minimum atomic E-state index is 0.0723. The van der Waals surface area contributed by atoms with E-state index in [9.17, 15) is 0 Å². The average Bonchev–Trinajstić information content (AvgIpc) is 1.59. The summed E-state index contributed by atoms with van der Waals surface area (Å²) >= 11 is 0. The zero-order valence-corrected chi connectivity index (χ0v) is 7.90. The lowest BCUT2D eigenvalue weighted by Gasteiger charge is -2.27. The molecule has 0 aliphatic rings. The highest BCUT2D eigenvalue weighted by molar-refractivity contribution is 4.67. The van der Waals surface area contributed by atoms with Gasteiger partial charge in [-0.2, -0.15) is 0 Å². The summed E-state index contributed by atoms with van der Waals surface area (Å²) in [5.41, 5.74) is 0.0723. The van der Waals surface area contributed by atoms with Crippen molar-refractivity contribution < 1.29 is 4.74 Å².